The van der Waals surface area contributed by atoms with Crippen LogP contribution in [0.1, 0.15) is 227 Å². The van der Waals surface area contributed by atoms with Crippen molar-refractivity contribution in [3.8, 4) is 0 Å². The Labute approximate surface area is 392 Å². The highest BCUT2D eigenvalue weighted by molar-refractivity contribution is 5.73. The molecule has 14 heteroatoms. The monoisotopic (exact) mass is 927 g/mol. The van der Waals surface area contributed by atoms with Crippen LogP contribution >= 0.6 is 0 Å². The lowest BCUT2D eigenvalue weighted by molar-refractivity contribution is -0.158. The predicted molar refractivity (Wildman–Crippen MR) is 250 cm³/mol. The van der Waals surface area contributed by atoms with Gasteiger partial charge in [-0.05, 0) is 25.7 Å². The number of carbonyl (C=O) groups excluding carboxylic acids is 6. The van der Waals surface area contributed by atoms with Crippen LogP contribution in [0.4, 0.5) is 0 Å². The first-order valence-electron chi connectivity index (χ1n) is 25.6. The fourth-order valence-electron chi connectivity index (χ4n) is 7.09. The summed E-state index contributed by atoms with van der Waals surface area (Å²) in [7, 11) is 0. The lowest BCUT2D eigenvalue weighted by Crippen LogP contribution is -2.28. The number of aliphatic carboxylic acids is 1. The zero-order valence-corrected chi connectivity index (χ0v) is 41.1. The van der Waals surface area contributed by atoms with E-state index in [1.54, 1.807) is 0 Å². The number of carboxylic acid groups (broad SMARTS) is 1. The van der Waals surface area contributed by atoms with Gasteiger partial charge < -0.3 is 33.5 Å². The quantitative estimate of drug-likeness (QED) is 0.0344. The molecule has 0 amide bonds. The maximum atomic E-state index is 13.1. The first kappa shape index (κ1) is 61.3. The Kier molecular flexibility index (Phi) is 41.6. The molecule has 0 heterocycles. The summed E-state index contributed by atoms with van der Waals surface area (Å²) in [6.07, 6.45) is 24.2. The van der Waals surface area contributed by atoms with E-state index in [0.717, 1.165) is 128 Å². The third-order valence-corrected chi connectivity index (χ3v) is 11.2. The molecule has 0 aliphatic heterocycles. The summed E-state index contributed by atoms with van der Waals surface area (Å²) < 4.78 is 32.8. The van der Waals surface area contributed by atoms with E-state index in [4.69, 9.17) is 28.4 Å². The van der Waals surface area contributed by atoms with Crippen molar-refractivity contribution in [2.45, 2.75) is 227 Å². The first-order chi connectivity index (χ1) is 31.4. The third-order valence-electron chi connectivity index (χ3n) is 11.2. The summed E-state index contributed by atoms with van der Waals surface area (Å²) >= 11 is 0. The second kappa shape index (κ2) is 44.1. The summed E-state index contributed by atoms with van der Waals surface area (Å²) in [6.45, 7) is 7.17. The van der Waals surface area contributed by atoms with Crippen LogP contribution in [-0.4, -0.2) is 86.5 Å². The number of hydrogen-bond donors (Lipinski definition) is 1. The maximum absolute atomic E-state index is 13.1. The molecule has 0 bridgehead atoms. The smallest absolute Gasteiger partial charge is 0.306 e. The highest BCUT2D eigenvalue weighted by atomic mass is 16.6. The molecule has 0 radical (unpaired) electrons. The van der Waals surface area contributed by atoms with Gasteiger partial charge in [-0.15, -0.1) is 0 Å². The molecule has 0 aliphatic carbocycles. The molecule has 0 aromatic rings. The van der Waals surface area contributed by atoms with Gasteiger partial charge in [0.05, 0.1) is 58.9 Å². The van der Waals surface area contributed by atoms with Gasteiger partial charge in [0.1, 0.15) is 0 Å². The Morgan fingerprint density at radius 1 is 0.292 bits per heavy atom. The fourth-order valence-corrected chi connectivity index (χ4v) is 7.09. The molecule has 65 heavy (non-hydrogen) atoms. The van der Waals surface area contributed by atoms with Gasteiger partial charge in [-0.25, -0.2) is 0 Å². The topological polar surface area (TPSA) is 195 Å². The average Bonchev–Trinajstić information content (AvgIpc) is 3.28. The molecule has 0 aromatic heterocycles. The molecular formula is C51H90O14. The van der Waals surface area contributed by atoms with E-state index >= 15 is 0 Å². The Morgan fingerprint density at radius 2 is 0.492 bits per heavy atom. The number of carbonyl (C=O) groups is 7. The van der Waals surface area contributed by atoms with Crippen molar-refractivity contribution in [2.24, 2.45) is 17.8 Å². The zero-order valence-electron chi connectivity index (χ0n) is 41.1. The van der Waals surface area contributed by atoms with Crippen molar-refractivity contribution >= 4 is 41.8 Å². The third kappa shape index (κ3) is 41.5. The van der Waals surface area contributed by atoms with E-state index in [1.807, 2.05) is 0 Å². The molecule has 14 nitrogen and oxygen atoms in total. The number of esters is 6. The summed E-state index contributed by atoms with van der Waals surface area (Å²) in [4.78, 5) is 88.0. The minimum Gasteiger partial charge on any atom is -0.481 e. The molecule has 0 unspecified atom stereocenters. The Balaban J connectivity index is 5.36. The number of ether oxygens (including phenoxy) is 6. The highest BCUT2D eigenvalue weighted by Crippen LogP contribution is 2.17. The molecule has 0 aliphatic rings. The van der Waals surface area contributed by atoms with Gasteiger partial charge >= 0.3 is 41.8 Å². The van der Waals surface area contributed by atoms with Crippen molar-refractivity contribution in [1.82, 2.24) is 0 Å². The van der Waals surface area contributed by atoms with Crippen LogP contribution in [0.3, 0.4) is 0 Å². The van der Waals surface area contributed by atoms with Crippen molar-refractivity contribution in [3.05, 3.63) is 0 Å². The molecular weight excluding hydrogens is 837 g/mol. The largest absolute Gasteiger partial charge is 0.481 e. The van der Waals surface area contributed by atoms with Gasteiger partial charge in [-0.1, -0.05) is 156 Å². The summed E-state index contributed by atoms with van der Waals surface area (Å²) in [6, 6.07) is 0. The van der Waals surface area contributed by atoms with Gasteiger partial charge in [0, 0.05) is 43.4 Å². The standard InChI is InChI=1S/C51H90O14/c1-5-9-13-17-21-25-29-46(54)60-38-43(39-61-47(55)30-26-22-18-14-10-6-2)34-50(58)64-36-42(33-45(52)53)37-65-51(59)35-44(40-62-48(56)31-27-23-19-15-11-7-3)41-63-49(57)32-28-24-20-16-12-8-4/h42-44H,5-41H2,1-4H3,(H,52,53). The number of rotatable bonds is 46. The van der Waals surface area contributed by atoms with Crippen LogP contribution in [0.25, 0.3) is 0 Å². The molecule has 0 saturated heterocycles. The Bertz CT molecular complexity index is 1100. The minimum atomic E-state index is -1.19. The number of hydrogen-bond acceptors (Lipinski definition) is 13. The molecule has 0 fully saturated rings. The average molecular weight is 927 g/mol. The van der Waals surface area contributed by atoms with Crippen LogP contribution in [0.2, 0.25) is 0 Å². The van der Waals surface area contributed by atoms with Gasteiger partial charge in [0.2, 0.25) is 0 Å². The van der Waals surface area contributed by atoms with Crippen LogP contribution in [0.5, 0.6) is 0 Å². The first-order valence-corrected chi connectivity index (χ1v) is 25.6. The minimum absolute atomic E-state index is 0.159. The van der Waals surface area contributed by atoms with Crippen molar-refractivity contribution < 1.29 is 67.1 Å². The molecule has 0 spiro atoms. The van der Waals surface area contributed by atoms with Gasteiger partial charge in [0.15, 0.2) is 0 Å². The Morgan fingerprint density at radius 3 is 0.723 bits per heavy atom. The van der Waals surface area contributed by atoms with Crippen molar-refractivity contribution in [3.63, 3.8) is 0 Å². The summed E-state index contributed by atoms with van der Waals surface area (Å²) in [5.74, 6) is -6.51. The second-order valence-electron chi connectivity index (χ2n) is 17.8. The lowest BCUT2D eigenvalue weighted by Gasteiger charge is -2.20. The van der Waals surface area contributed by atoms with Gasteiger partial charge in [-0.2, -0.15) is 0 Å². The van der Waals surface area contributed by atoms with E-state index in [-0.39, 0.29) is 78.2 Å². The van der Waals surface area contributed by atoms with Crippen LogP contribution in [0.15, 0.2) is 0 Å². The highest BCUT2D eigenvalue weighted by Gasteiger charge is 2.25. The Hall–Kier alpha value is -3.71. The second-order valence-corrected chi connectivity index (χ2v) is 17.8. The zero-order chi connectivity index (χ0) is 48.2. The number of carboxylic acids is 1. The van der Waals surface area contributed by atoms with E-state index in [1.165, 1.54) is 0 Å². The van der Waals surface area contributed by atoms with Crippen LogP contribution < -0.4 is 0 Å². The molecule has 0 saturated carbocycles. The molecule has 0 rings (SSSR count). The molecule has 378 valence electrons. The molecule has 0 atom stereocenters. The summed E-state index contributed by atoms with van der Waals surface area (Å²) in [5, 5.41) is 9.58. The SMILES string of the molecule is CCCCCCCCC(=O)OCC(COC(=O)CCCCCCCC)CC(=O)OCC(COC(=O)CC(COC(=O)CCCCCCCC)COC(=O)CCCCCCCC)CC(=O)O. The number of unbranched alkanes of at least 4 members (excludes halogenated alkanes) is 20. The normalized spacial score (nSPS) is 11.2. The molecule has 0 aromatic carbocycles. The van der Waals surface area contributed by atoms with Gasteiger partial charge in [0.25, 0.3) is 0 Å². The maximum Gasteiger partial charge on any atom is 0.306 e. The van der Waals surface area contributed by atoms with Crippen LogP contribution in [0, 0.1) is 17.8 Å². The molecule has 1 N–H and O–H groups in total. The summed E-state index contributed by atoms with van der Waals surface area (Å²) in [5.41, 5.74) is 0. The van der Waals surface area contributed by atoms with E-state index < -0.39 is 66.0 Å². The van der Waals surface area contributed by atoms with E-state index in [2.05, 4.69) is 27.7 Å². The predicted octanol–water partition coefficient (Wildman–Crippen LogP) is 11.4. The van der Waals surface area contributed by atoms with E-state index in [0.29, 0.717) is 25.7 Å². The van der Waals surface area contributed by atoms with Crippen LogP contribution in [-0.2, 0) is 62.0 Å². The van der Waals surface area contributed by atoms with Gasteiger partial charge in [-0.3, -0.25) is 33.6 Å². The van der Waals surface area contributed by atoms with Crippen molar-refractivity contribution in [2.75, 3.05) is 39.6 Å². The van der Waals surface area contributed by atoms with E-state index in [9.17, 15) is 38.7 Å². The van der Waals surface area contributed by atoms with Crippen molar-refractivity contribution in [1.29, 1.82) is 0 Å². The fraction of sp³-hybridized carbons (Fsp3) is 0.863. The lowest BCUT2D eigenvalue weighted by atomic mass is 10.1.